The van der Waals surface area contributed by atoms with E-state index in [2.05, 4.69) is 20.9 Å². The molecule has 0 fully saturated rings. The van der Waals surface area contributed by atoms with Crippen LogP contribution in [0.15, 0.2) is 29.1 Å². The number of para-hydroxylation sites is 1. The summed E-state index contributed by atoms with van der Waals surface area (Å²) in [4.78, 5) is 15.7. The maximum absolute atomic E-state index is 11.6. The Labute approximate surface area is 87.9 Å². The lowest BCUT2D eigenvalue weighted by atomic mass is 10.2. The summed E-state index contributed by atoms with van der Waals surface area (Å²) in [5.74, 6) is 0.300. The molecule has 2 aromatic rings. The Hall–Kier alpha value is -1.36. The summed E-state index contributed by atoms with van der Waals surface area (Å²) in [6.07, 6.45) is 0. The highest BCUT2D eigenvalue weighted by Gasteiger charge is 2.07. The smallest absolute Gasteiger partial charge is 0.294 e. The molecule has 0 unspecified atom stereocenters. The van der Waals surface area contributed by atoms with Gasteiger partial charge in [0, 0.05) is 0 Å². The largest absolute Gasteiger partial charge is 0.424 e. The summed E-state index contributed by atoms with van der Waals surface area (Å²) in [6.45, 7) is 0. The van der Waals surface area contributed by atoms with Crippen molar-refractivity contribution in [2.45, 2.75) is 5.33 Å². The number of rotatable bonds is 1. The van der Waals surface area contributed by atoms with Gasteiger partial charge >= 0.3 is 0 Å². The zero-order chi connectivity index (χ0) is 10.1. The minimum atomic E-state index is -0.440. The molecule has 0 atom stereocenters. The molecule has 1 aromatic carbocycles. The first-order chi connectivity index (χ1) is 6.74. The zero-order valence-electron chi connectivity index (χ0n) is 7.14. The van der Waals surface area contributed by atoms with Crippen LogP contribution in [0.2, 0.25) is 0 Å². The van der Waals surface area contributed by atoms with E-state index in [0.717, 1.165) is 0 Å². The van der Waals surface area contributed by atoms with Crippen molar-refractivity contribution in [1.82, 2.24) is 9.71 Å². The second kappa shape index (κ2) is 3.42. The average molecular weight is 255 g/mol. The molecule has 4 nitrogen and oxygen atoms in total. The fourth-order valence-electron chi connectivity index (χ4n) is 1.26. The normalized spacial score (nSPS) is 10.6. The van der Waals surface area contributed by atoms with Gasteiger partial charge in [-0.25, -0.2) is 4.98 Å². The van der Waals surface area contributed by atoms with Crippen LogP contribution in [-0.4, -0.2) is 14.9 Å². The van der Waals surface area contributed by atoms with Crippen LogP contribution in [0.3, 0.4) is 0 Å². The summed E-state index contributed by atoms with van der Waals surface area (Å²) < 4.78 is 0.567. The molecule has 72 valence electrons. The second-order valence-electron chi connectivity index (χ2n) is 2.80. The quantitative estimate of drug-likeness (QED) is 0.621. The molecule has 0 aliphatic heterocycles. The van der Waals surface area contributed by atoms with Crippen molar-refractivity contribution in [3.63, 3.8) is 0 Å². The molecule has 0 bridgehead atoms. The van der Waals surface area contributed by atoms with Gasteiger partial charge in [0.2, 0.25) is 0 Å². The van der Waals surface area contributed by atoms with E-state index in [1.807, 2.05) is 0 Å². The molecule has 0 radical (unpaired) electrons. The van der Waals surface area contributed by atoms with Crippen LogP contribution in [-0.2, 0) is 5.33 Å². The Morgan fingerprint density at radius 1 is 1.43 bits per heavy atom. The van der Waals surface area contributed by atoms with Crippen molar-refractivity contribution in [2.24, 2.45) is 0 Å². The lowest BCUT2D eigenvalue weighted by molar-refractivity contribution is 0.165. The van der Waals surface area contributed by atoms with Crippen LogP contribution >= 0.6 is 15.9 Å². The molecule has 1 N–H and O–H groups in total. The molecule has 0 amide bonds. The number of halogens is 1. The highest BCUT2D eigenvalue weighted by atomic mass is 79.9. The van der Waals surface area contributed by atoms with Crippen molar-refractivity contribution >= 4 is 26.8 Å². The Bertz CT molecular complexity index is 536. The van der Waals surface area contributed by atoms with E-state index in [4.69, 9.17) is 0 Å². The number of aromatic nitrogens is 2. The van der Waals surface area contributed by atoms with Crippen LogP contribution in [0.4, 0.5) is 0 Å². The van der Waals surface area contributed by atoms with Gasteiger partial charge in [-0.1, -0.05) is 28.1 Å². The summed E-state index contributed by atoms with van der Waals surface area (Å²) in [6, 6.07) is 6.91. The number of alkyl halides is 1. The minimum Gasteiger partial charge on any atom is -0.424 e. The molecule has 1 aromatic heterocycles. The van der Waals surface area contributed by atoms with Gasteiger partial charge in [0.25, 0.3) is 5.56 Å². The minimum absolute atomic E-state index is 0.300. The maximum Gasteiger partial charge on any atom is 0.294 e. The van der Waals surface area contributed by atoms with Crippen molar-refractivity contribution in [3.05, 3.63) is 40.4 Å². The van der Waals surface area contributed by atoms with E-state index in [9.17, 15) is 10.0 Å². The fraction of sp³-hybridized carbons (Fsp3) is 0.111. The van der Waals surface area contributed by atoms with Crippen molar-refractivity contribution in [2.75, 3.05) is 0 Å². The predicted octanol–water partition coefficient (Wildman–Crippen LogP) is 1.53. The summed E-state index contributed by atoms with van der Waals surface area (Å²) in [5.41, 5.74) is 0.155. The monoisotopic (exact) mass is 254 g/mol. The molecule has 2 rings (SSSR count). The molecule has 5 heteroatoms. The van der Waals surface area contributed by atoms with E-state index in [0.29, 0.717) is 26.8 Å². The van der Waals surface area contributed by atoms with Gasteiger partial charge in [0.1, 0.15) is 0 Å². The third kappa shape index (κ3) is 1.29. The summed E-state index contributed by atoms with van der Waals surface area (Å²) in [5, 5.41) is 10.2. The van der Waals surface area contributed by atoms with Crippen molar-refractivity contribution in [3.8, 4) is 0 Å². The highest BCUT2D eigenvalue weighted by Crippen LogP contribution is 2.08. The highest BCUT2D eigenvalue weighted by molar-refractivity contribution is 9.08. The van der Waals surface area contributed by atoms with E-state index in [1.165, 1.54) is 0 Å². The van der Waals surface area contributed by atoms with Gasteiger partial charge in [-0.05, 0) is 12.1 Å². The topological polar surface area (TPSA) is 55.1 Å². The second-order valence-corrected chi connectivity index (χ2v) is 3.36. The predicted molar refractivity (Wildman–Crippen MR) is 55.8 cm³/mol. The van der Waals surface area contributed by atoms with E-state index >= 15 is 0 Å². The first-order valence-corrected chi connectivity index (χ1v) is 5.12. The zero-order valence-corrected chi connectivity index (χ0v) is 8.73. The molecular formula is C9H7BrN2O2. The standard InChI is InChI=1S/C9H7BrN2O2/c10-5-8-11-7-4-2-1-3-6(7)9(13)12(8)14/h1-4,14H,5H2. The van der Waals surface area contributed by atoms with E-state index in [-0.39, 0.29) is 0 Å². The van der Waals surface area contributed by atoms with Crippen LogP contribution in [0.5, 0.6) is 0 Å². The summed E-state index contributed by atoms with van der Waals surface area (Å²) in [7, 11) is 0. The lowest BCUT2D eigenvalue weighted by Gasteiger charge is -2.03. The Balaban J connectivity index is 2.92. The SMILES string of the molecule is O=c1c2ccccc2nc(CBr)n1O. The Morgan fingerprint density at radius 2 is 2.14 bits per heavy atom. The van der Waals surface area contributed by atoms with E-state index in [1.54, 1.807) is 24.3 Å². The molecule has 14 heavy (non-hydrogen) atoms. The van der Waals surface area contributed by atoms with Gasteiger partial charge in [-0.15, -0.1) is 4.73 Å². The first kappa shape index (κ1) is 9.21. The van der Waals surface area contributed by atoms with Crippen LogP contribution in [0.25, 0.3) is 10.9 Å². The van der Waals surface area contributed by atoms with Gasteiger partial charge in [0.15, 0.2) is 5.82 Å². The molecule has 0 saturated heterocycles. The molecule has 0 spiro atoms. The third-order valence-corrected chi connectivity index (χ3v) is 2.44. The molecule has 0 aliphatic carbocycles. The lowest BCUT2D eigenvalue weighted by Crippen LogP contribution is -2.22. The Kier molecular flexibility index (Phi) is 2.25. The van der Waals surface area contributed by atoms with Gasteiger partial charge in [-0.2, -0.15) is 0 Å². The van der Waals surface area contributed by atoms with Crippen LogP contribution in [0, 0.1) is 0 Å². The van der Waals surface area contributed by atoms with Gasteiger partial charge in [-0.3, -0.25) is 4.79 Å². The summed E-state index contributed by atoms with van der Waals surface area (Å²) >= 11 is 3.15. The number of benzene rings is 1. The Morgan fingerprint density at radius 3 is 2.86 bits per heavy atom. The number of fused-ring (bicyclic) bond motifs is 1. The first-order valence-electron chi connectivity index (χ1n) is 4.00. The average Bonchev–Trinajstić information content (AvgIpc) is 2.23. The molecule has 0 aliphatic rings. The molecule has 1 heterocycles. The maximum atomic E-state index is 11.6. The van der Waals surface area contributed by atoms with Gasteiger partial charge < -0.3 is 5.21 Å². The van der Waals surface area contributed by atoms with Crippen LogP contribution < -0.4 is 5.56 Å². The van der Waals surface area contributed by atoms with E-state index < -0.39 is 5.56 Å². The fourth-order valence-corrected chi connectivity index (χ4v) is 1.62. The number of hydrogen-bond donors (Lipinski definition) is 1. The number of hydrogen-bond acceptors (Lipinski definition) is 3. The van der Waals surface area contributed by atoms with Crippen molar-refractivity contribution < 1.29 is 5.21 Å². The third-order valence-electron chi connectivity index (χ3n) is 1.94. The van der Waals surface area contributed by atoms with Crippen molar-refractivity contribution in [1.29, 1.82) is 0 Å². The number of nitrogens with zero attached hydrogens (tertiary/aromatic N) is 2. The molecular weight excluding hydrogens is 248 g/mol. The van der Waals surface area contributed by atoms with Gasteiger partial charge in [0.05, 0.1) is 16.2 Å². The van der Waals surface area contributed by atoms with Crippen LogP contribution in [0.1, 0.15) is 5.82 Å². The molecule has 0 saturated carbocycles.